The molecule has 14 heteroatoms. The fourth-order valence-corrected chi connectivity index (χ4v) is 4.60. The van der Waals surface area contributed by atoms with E-state index in [0.29, 0.717) is 5.75 Å². The first-order chi connectivity index (χ1) is 16.5. The second-order valence-corrected chi connectivity index (χ2v) is 10.9. The number of nitrogens with zero attached hydrogens (tertiary/aromatic N) is 1. The third-order valence-electron chi connectivity index (χ3n) is 4.41. The maximum Gasteiger partial charge on any atom is 0.235 e. The Morgan fingerprint density at radius 3 is 2.46 bits per heavy atom. The summed E-state index contributed by atoms with van der Waals surface area (Å²) in [5, 5.41) is 3.38. The van der Waals surface area contributed by atoms with Gasteiger partial charge in [0, 0.05) is 12.3 Å². The Bertz CT molecular complexity index is 1370. The zero-order chi connectivity index (χ0) is 25.8. The van der Waals surface area contributed by atoms with Gasteiger partial charge in [-0.3, -0.25) is 9.59 Å². The molecule has 3 rings (SSSR count). The molecule has 186 valence electrons. The van der Waals surface area contributed by atoms with Crippen LogP contribution in [0.15, 0.2) is 42.5 Å². The van der Waals surface area contributed by atoms with Crippen molar-refractivity contribution in [1.82, 2.24) is 4.98 Å². The fraction of sp³-hybridized carbons (Fsp3) is 0.190. The Kier molecular flexibility index (Phi) is 8.27. The van der Waals surface area contributed by atoms with Crippen molar-refractivity contribution in [2.75, 3.05) is 24.0 Å². The molecule has 1 unspecified atom stereocenters. The second-order valence-electron chi connectivity index (χ2n) is 7.09. The van der Waals surface area contributed by atoms with Gasteiger partial charge in [0.15, 0.2) is 37.6 Å². The van der Waals surface area contributed by atoms with Crippen LogP contribution >= 0.6 is 22.9 Å². The molecule has 0 spiro atoms. The van der Waals surface area contributed by atoms with Crippen LogP contribution in [-0.4, -0.2) is 38.6 Å². The van der Waals surface area contributed by atoms with Crippen molar-refractivity contribution in [2.45, 2.75) is 11.8 Å². The summed E-state index contributed by atoms with van der Waals surface area (Å²) in [7, 11) is -2.22. The molecule has 2 amide bonds. The lowest BCUT2D eigenvalue weighted by Crippen LogP contribution is -2.22. The first-order valence-corrected chi connectivity index (χ1v) is 12.9. The number of thiazole rings is 1. The quantitative estimate of drug-likeness (QED) is 0.346. The number of hydrogen-bond donors (Lipinski definition) is 3. The molecule has 1 atom stereocenters. The van der Waals surface area contributed by atoms with Crippen molar-refractivity contribution in [2.24, 2.45) is 5.73 Å². The van der Waals surface area contributed by atoms with Gasteiger partial charge in [0.25, 0.3) is 0 Å². The highest BCUT2D eigenvalue weighted by molar-refractivity contribution is 7.90. The predicted octanol–water partition coefficient (Wildman–Crippen LogP) is 3.71. The molecule has 0 radical (unpaired) electrons. The number of para-hydroxylation sites is 2. The number of rotatable bonds is 9. The molecule has 10 nitrogen and oxygen atoms in total. The third kappa shape index (κ3) is 6.88. The average Bonchev–Trinajstić information content (AvgIpc) is 3.14. The van der Waals surface area contributed by atoms with E-state index in [-0.39, 0.29) is 32.3 Å². The topological polar surface area (TPSA) is 150 Å². The Morgan fingerprint density at radius 2 is 1.80 bits per heavy atom. The van der Waals surface area contributed by atoms with E-state index in [2.05, 4.69) is 15.6 Å². The summed E-state index contributed by atoms with van der Waals surface area (Å²) in [5.41, 5.74) is 5.64. The van der Waals surface area contributed by atoms with Gasteiger partial charge in [0.1, 0.15) is 22.3 Å². The maximum atomic E-state index is 13.8. The number of sulfone groups is 1. The average molecular weight is 543 g/mol. The van der Waals surface area contributed by atoms with Gasteiger partial charge >= 0.3 is 0 Å². The monoisotopic (exact) mass is 542 g/mol. The second kappa shape index (κ2) is 11.0. The molecule has 35 heavy (non-hydrogen) atoms. The summed E-state index contributed by atoms with van der Waals surface area (Å²) in [6.07, 6.45) is 0.299. The van der Waals surface area contributed by atoms with Crippen molar-refractivity contribution < 1.29 is 31.9 Å². The van der Waals surface area contributed by atoms with Crippen molar-refractivity contribution >= 4 is 55.4 Å². The van der Waals surface area contributed by atoms with Crippen LogP contribution in [0, 0.1) is 5.82 Å². The lowest BCUT2D eigenvalue weighted by molar-refractivity contribution is -0.123. The predicted molar refractivity (Wildman–Crippen MR) is 130 cm³/mol. The van der Waals surface area contributed by atoms with E-state index in [9.17, 15) is 22.4 Å². The van der Waals surface area contributed by atoms with Gasteiger partial charge in [-0.25, -0.2) is 17.8 Å². The van der Waals surface area contributed by atoms with Gasteiger partial charge in [-0.15, -0.1) is 0 Å². The number of carbonyl (C=O) groups excluding carboxylic acids is 2. The molecule has 0 aliphatic heterocycles. The molecule has 3 aromatic rings. The molecule has 1 heterocycles. The Balaban J connectivity index is 1.68. The maximum absolute atomic E-state index is 13.8. The van der Waals surface area contributed by atoms with Gasteiger partial charge < -0.3 is 25.8 Å². The smallest absolute Gasteiger partial charge is 0.235 e. The number of nitrogens with one attached hydrogen (secondary N) is 2. The summed E-state index contributed by atoms with van der Waals surface area (Å²) in [5.74, 6) is -1.40. The number of carbonyl (C=O) groups is 2. The van der Waals surface area contributed by atoms with Crippen LogP contribution in [0.1, 0.15) is 17.5 Å². The minimum absolute atomic E-state index is 0.00522. The van der Waals surface area contributed by atoms with Crippen LogP contribution in [0.3, 0.4) is 0 Å². The lowest BCUT2D eigenvalue weighted by atomic mass is 10.2. The lowest BCUT2D eigenvalue weighted by Gasteiger charge is -2.14. The zero-order valence-corrected chi connectivity index (χ0v) is 20.8. The molecule has 0 aliphatic carbocycles. The molecule has 1 aromatic heterocycles. The van der Waals surface area contributed by atoms with Crippen molar-refractivity contribution in [3.8, 4) is 17.2 Å². The molecule has 0 bridgehead atoms. The van der Waals surface area contributed by atoms with Crippen molar-refractivity contribution in [3.63, 3.8) is 0 Å². The number of methoxy groups -OCH3 is 1. The highest BCUT2D eigenvalue weighted by atomic mass is 35.5. The third-order valence-corrected chi connectivity index (χ3v) is 6.76. The number of amides is 2. The fourth-order valence-electron chi connectivity index (χ4n) is 2.75. The van der Waals surface area contributed by atoms with E-state index in [1.54, 1.807) is 24.3 Å². The molecule has 0 saturated heterocycles. The Morgan fingerprint density at radius 1 is 1.14 bits per heavy atom. The number of halogens is 2. The van der Waals surface area contributed by atoms with E-state index in [0.717, 1.165) is 29.7 Å². The molecular formula is C21H20ClFN4O6S2. The van der Waals surface area contributed by atoms with Crippen LogP contribution in [0.4, 0.5) is 15.2 Å². The SMILES string of the molecule is COc1ccccc1Oc1cc(F)ccc1NC(=O)CC(=O)Nc1nc(C(N)S(C)(=O)=O)c(Cl)s1. The van der Waals surface area contributed by atoms with Gasteiger partial charge in [0.05, 0.1) is 12.8 Å². The number of aromatic nitrogens is 1. The first kappa shape index (κ1) is 26.3. The largest absolute Gasteiger partial charge is 0.493 e. The molecule has 2 aromatic carbocycles. The standard InChI is InChI=1S/C21H20ClFN4O6S2/c1-32-13-5-3-4-6-14(13)33-15-9-11(23)7-8-12(15)25-16(28)10-17(29)26-21-27-18(19(22)34-21)20(24)35(2,30)31/h3-9,20H,10,24H2,1-2H3,(H,25,28)(H,26,27,29). The van der Waals surface area contributed by atoms with Gasteiger partial charge in [-0.2, -0.15) is 0 Å². The summed E-state index contributed by atoms with van der Waals surface area (Å²) < 4.78 is 48.0. The van der Waals surface area contributed by atoms with Crippen molar-refractivity contribution in [1.29, 1.82) is 0 Å². The molecule has 0 saturated carbocycles. The Hall–Kier alpha value is -3.26. The summed E-state index contributed by atoms with van der Waals surface area (Å²) >= 11 is 6.79. The number of hydrogen-bond acceptors (Lipinski definition) is 9. The summed E-state index contributed by atoms with van der Waals surface area (Å²) in [6.45, 7) is 0. The van der Waals surface area contributed by atoms with Crippen LogP contribution in [0.25, 0.3) is 0 Å². The molecule has 4 N–H and O–H groups in total. The van der Waals surface area contributed by atoms with E-state index in [1.165, 1.54) is 13.2 Å². The van der Waals surface area contributed by atoms with Crippen LogP contribution in [0.2, 0.25) is 4.34 Å². The molecule has 0 fully saturated rings. The minimum atomic E-state index is -3.67. The van der Waals surface area contributed by atoms with Crippen LogP contribution in [0.5, 0.6) is 17.2 Å². The number of anilines is 2. The highest BCUT2D eigenvalue weighted by Crippen LogP contribution is 2.36. The van der Waals surface area contributed by atoms with Gasteiger partial charge in [-0.05, 0) is 24.3 Å². The number of benzene rings is 2. The van der Waals surface area contributed by atoms with Crippen LogP contribution in [-0.2, 0) is 19.4 Å². The zero-order valence-electron chi connectivity index (χ0n) is 18.4. The Labute approximate surface area is 209 Å². The van der Waals surface area contributed by atoms with Crippen molar-refractivity contribution in [3.05, 3.63) is 58.3 Å². The van der Waals surface area contributed by atoms with E-state index in [1.807, 2.05) is 0 Å². The van der Waals surface area contributed by atoms with E-state index < -0.39 is 39.3 Å². The summed E-state index contributed by atoms with van der Waals surface area (Å²) in [4.78, 5) is 28.7. The highest BCUT2D eigenvalue weighted by Gasteiger charge is 2.25. The summed E-state index contributed by atoms with van der Waals surface area (Å²) in [6, 6.07) is 10.2. The number of nitrogens with two attached hydrogens (primary N) is 1. The molecule has 0 aliphatic rings. The van der Waals surface area contributed by atoms with Crippen LogP contribution < -0.4 is 25.8 Å². The number of ether oxygens (including phenoxy) is 2. The molecular weight excluding hydrogens is 523 g/mol. The van der Waals surface area contributed by atoms with E-state index >= 15 is 0 Å². The van der Waals surface area contributed by atoms with Gasteiger partial charge in [0.2, 0.25) is 11.8 Å². The van der Waals surface area contributed by atoms with E-state index in [4.69, 9.17) is 26.8 Å². The van der Waals surface area contributed by atoms with Gasteiger partial charge in [-0.1, -0.05) is 35.1 Å². The normalized spacial score (nSPS) is 12.0. The minimum Gasteiger partial charge on any atom is -0.493 e. The first-order valence-electron chi connectivity index (χ1n) is 9.78.